The van der Waals surface area contributed by atoms with E-state index < -0.39 is 28.5 Å². The van der Waals surface area contributed by atoms with Gasteiger partial charge in [-0.05, 0) is 55.7 Å². The number of hydrogen-bond donors (Lipinski definition) is 1. The van der Waals surface area contributed by atoms with Crippen LogP contribution in [0.4, 0.5) is 5.69 Å². The highest BCUT2D eigenvalue weighted by Gasteiger charge is 2.34. The fourth-order valence-electron chi connectivity index (χ4n) is 4.24. The molecular weight excluding hydrogens is 502 g/mol. The monoisotopic (exact) mass is 537 g/mol. The molecule has 3 rings (SSSR count). The van der Waals surface area contributed by atoms with Crippen molar-refractivity contribution in [1.29, 1.82) is 0 Å². The fourth-order valence-corrected chi connectivity index (χ4v) is 5.67. The van der Waals surface area contributed by atoms with Crippen LogP contribution in [0, 0.1) is 13.8 Å². The van der Waals surface area contributed by atoms with Crippen molar-refractivity contribution in [1.82, 2.24) is 10.2 Å². The van der Waals surface area contributed by atoms with Gasteiger partial charge in [0.15, 0.2) is 0 Å². The van der Waals surface area contributed by atoms with Crippen LogP contribution in [0.25, 0.3) is 0 Å². The minimum absolute atomic E-state index is 0.0469. The molecule has 1 N–H and O–H groups in total. The first-order valence-electron chi connectivity index (χ1n) is 12.4. The number of carbonyl (C=O) groups is 2. The lowest BCUT2D eigenvalue weighted by Gasteiger charge is -2.33. The Kier molecular flexibility index (Phi) is 9.52. The summed E-state index contributed by atoms with van der Waals surface area (Å²) in [5.41, 5.74) is 2.97. The van der Waals surface area contributed by atoms with Gasteiger partial charge in [-0.1, -0.05) is 61.0 Å². The maximum Gasteiger partial charge on any atom is 0.264 e. The third-order valence-electron chi connectivity index (χ3n) is 6.48. The number of amides is 2. The van der Waals surface area contributed by atoms with E-state index in [2.05, 4.69) is 5.32 Å². The molecule has 0 heterocycles. The number of benzene rings is 3. The zero-order valence-corrected chi connectivity index (χ0v) is 23.3. The Hall–Kier alpha value is -3.85. The van der Waals surface area contributed by atoms with Gasteiger partial charge in [0.05, 0.1) is 17.7 Å². The van der Waals surface area contributed by atoms with Crippen LogP contribution in [0.3, 0.4) is 0 Å². The summed E-state index contributed by atoms with van der Waals surface area (Å²) in [6.07, 6.45) is 0.358. The van der Waals surface area contributed by atoms with E-state index in [1.807, 2.05) is 45.0 Å². The van der Waals surface area contributed by atoms with Gasteiger partial charge < -0.3 is 15.0 Å². The number of likely N-dealkylation sites (N-methyl/N-ethyl adjacent to an activating group) is 1. The average Bonchev–Trinajstić information content (AvgIpc) is 2.92. The van der Waals surface area contributed by atoms with E-state index in [9.17, 15) is 18.0 Å². The molecule has 0 aliphatic rings. The molecule has 0 saturated heterocycles. The van der Waals surface area contributed by atoms with E-state index in [1.165, 1.54) is 31.2 Å². The molecule has 202 valence electrons. The summed E-state index contributed by atoms with van der Waals surface area (Å²) < 4.78 is 34.4. The summed E-state index contributed by atoms with van der Waals surface area (Å²) in [5, 5.41) is 2.63. The molecule has 0 aliphatic carbocycles. The lowest BCUT2D eigenvalue weighted by atomic mass is 10.1. The van der Waals surface area contributed by atoms with Crippen LogP contribution in [0.5, 0.6) is 5.75 Å². The molecule has 0 aliphatic heterocycles. The molecule has 8 nitrogen and oxygen atoms in total. The summed E-state index contributed by atoms with van der Waals surface area (Å²) in [7, 11) is -1.20. The molecule has 1 atom stereocenters. The summed E-state index contributed by atoms with van der Waals surface area (Å²) in [6, 6.07) is 19.9. The standard InChI is InChI=1S/C29H35N3O5S/c1-6-25(29(34)30-4)31(19-23-12-8-7-11-22(23)3)28(33)20-32(26-13-9-10-14-27(26)37-5)38(35,36)24-17-15-21(2)16-18-24/h7-18,25H,6,19-20H2,1-5H3,(H,30,34). The molecule has 0 fully saturated rings. The Morgan fingerprint density at radius 2 is 1.58 bits per heavy atom. The third-order valence-corrected chi connectivity index (χ3v) is 8.25. The molecule has 1 unspecified atom stereocenters. The Labute approximate surface area is 225 Å². The van der Waals surface area contributed by atoms with E-state index in [0.717, 1.165) is 21.0 Å². The van der Waals surface area contributed by atoms with Crippen molar-refractivity contribution < 1.29 is 22.7 Å². The number of para-hydroxylation sites is 2. The number of carbonyl (C=O) groups excluding carboxylic acids is 2. The van der Waals surface area contributed by atoms with Crippen LogP contribution < -0.4 is 14.4 Å². The Morgan fingerprint density at radius 3 is 2.18 bits per heavy atom. The number of nitrogens with zero attached hydrogens (tertiary/aromatic N) is 2. The molecule has 0 saturated carbocycles. The summed E-state index contributed by atoms with van der Waals surface area (Å²) >= 11 is 0. The molecule has 0 radical (unpaired) electrons. The van der Waals surface area contributed by atoms with Crippen LogP contribution in [0.2, 0.25) is 0 Å². The van der Waals surface area contributed by atoms with Gasteiger partial charge in [-0.15, -0.1) is 0 Å². The van der Waals surface area contributed by atoms with E-state index in [4.69, 9.17) is 4.74 Å². The molecule has 9 heteroatoms. The van der Waals surface area contributed by atoms with Crippen molar-refractivity contribution in [2.75, 3.05) is 25.0 Å². The number of aryl methyl sites for hydroxylation is 2. The van der Waals surface area contributed by atoms with Crippen molar-refractivity contribution >= 4 is 27.5 Å². The number of rotatable bonds is 11. The topological polar surface area (TPSA) is 96.0 Å². The largest absolute Gasteiger partial charge is 0.495 e. The number of methoxy groups -OCH3 is 1. The Bertz CT molecular complexity index is 1370. The van der Waals surface area contributed by atoms with Gasteiger partial charge in [-0.25, -0.2) is 8.42 Å². The van der Waals surface area contributed by atoms with Crippen LogP contribution in [-0.2, 0) is 26.2 Å². The number of hydrogen-bond acceptors (Lipinski definition) is 5. The first kappa shape index (κ1) is 28.7. The molecule has 0 aromatic heterocycles. The normalized spacial score (nSPS) is 11.9. The number of ether oxygens (including phenoxy) is 1. The first-order valence-corrected chi connectivity index (χ1v) is 13.9. The predicted molar refractivity (Wildman–Crippen MR) is 149 cm³/mol. The number of nitrogens with one attached hydrogen (secondary N) is 1. The van der Waals surface area contributed by atoms with Gasteiger partial charge >= 0.3 is 0 Å². The second kappa shape index (κ2) is 12.6. The van der Waals surface area contributed by atoms with E-state index in [1.54, 1.807) is 36.4 Å². The molecule has 38 heavy (non-hydrogen) atoms. The van der Waals surface area contributed by atoms with Gasteiger partial charge in [-0.2, -0.15) is 0 Å². The van der Waals surface area contributed by atoms with Crippen molar-refractivity contribution in [2.45, 2.75) is 44.7 Å². The molecule has 0 bridgehead atoms. The van der Waals surface area contributed by atoms with E-state index in [-0.39, 0.29) is 23.0 Å². The Balaban J connectivity index is 2.11. The molecule has 3 aromatic carbocycles. The van der Waals surface area contributed by atoms with Crippen LogP contribution in [0.1, 0.15) is 30.0 Å². The van der Waals surface area contributed by atoms with Crippen molar-refractivity contribution in [3.05, 3.63) is 89.5 Å². The maximum atomic E-state index is 14.0. The molecule has 2 amide bonds. The second-order valence-electron chi connectivity index (χ2n) is 8.98. The summed E-state index contributed by atoms with van der Waals surface area (Å²) in [4.78, 5) is 28.3. The molecular formula is C29H35N3O5S. The van der Waals surface area contributed by atoms with Gasteiger partial charge in [-0.3, -0.25) is 13.9 Å². The van der Waals surface area contributed by atoms with Crippen LogP contribution in [0.15, 0.2) is 77.7 Å². The smallest absolute Gasteiger partial charge is 0.264 e. The number of anilines is 1. The summed E-state index contributed by atoms with van der Waals surface area (Å²) in [5.74, 6) is -0.523. The quantitative estimate of drug-likeness (QED) is 0.398. The van der Waals surface area contributed by atoms with Gasteiger partial charge in [0, 0.05) is 13.6 Å². The highest BCUT2D eigenvalue weighted by atomic mass is 32.2. The van der Waals surface area contributed by atoms with Gasteiger partial charge in [0.2, 0.25) is 11.8 Å². The van der Waals surface area contributed by atoms with Crippen LogP contribution >= 0.6 is 0 Å². The van der Waals surface area contributed by atoms with Crippen molar-refractivity contribution in [3.8, 4) is 5.75 Å². The Morgan fingerprint density at radius 1 is 0.947 bits per heavy atom. The lowest BCUT2D eigenvalue weighted by Crippen LogP contribution is -2.51. The van der Waals surface area contributed by atoms with Crippen molar-refractivity contribution in [3.63, 3.8) is 0 Å². The summed E-state index contributed by atoms with van der Waals surface area (Å²) in [6.45, 7) is 5.25. The maximum absolute atomic E-state index is 14.0. The fraction of sp³-hybridized carbons (Fsp3) is 0.310. The minimum atomic E-state index is -4.17. The average molecular weight is 538 g/mol. The number of sulfonamides is 1. The second-order valence-corrected chi connectivity index (χ2v) is 10.8. The lowest BCUT2D eigenvalue weighted by molar-refractivity contribution is -0.140. The highest BCUT2D eigenvalue weighted by molar-refractivity contribution is 7.92. The first-order chi connectivity index (χ1) is 18.1. The highest BCUT2D eigenvalue weighted by Crippen LogP contribution is 2.32. The third kappa shape index (κ3) is 6.34. The minimum Gasteiger partial charge on any atom is -0.495 e. The predicted octanol–water partition coefficient (Wildman–Crippen LogP) is 4.06. The van der Waals surface area contributed by atoms with E-state index in [0.29, 0.717) is 12.2 Å². The van der Waals surface area contributed by atoms with E-state index >= 15 is 0 Å². The van der Waals surface area contributed by atoms with Gasteiger partial charge in [0.1, 0.15) is 18.3 Å². The zero-order chi connectivity index (χ0) is 27.9. The van der Waals surface area contributed by atoms with Crippen LogP contribution in [-0.4, -0.2) is 51.9 Å². The zero-order valence-electron chi connectivity index (χ0n) is 22.5. The van der Waals surface area contributed by atoms with Gasteiger partial charge in [0.25, 0.3) is 10.0 Å². The molecule has 0 spiro atoms. The molecule has 3 aromatic rings. The van der Waals surface area contributed by atoms with Crippen molar-refractivity contribution in [2.24, 2.45) is 0 Å². The SMILES string of the molecule is CCC(C(=O)NC)N(Cc1ccccc1C)C(=O)CN(c1ccccc1OC)S(=O)(=O)c1ccc(C)cc1.